The Kier molecular flexibility index (Phi) is 34.2. The van der Waals surface area contributed by atoms with Crippen molar-refractivity contribution in [2.24, 2.45) is 0 Å². The van der Waals surface area contributed by atoms with Gasteiger partial charge in [-0.15, -0.1) is 0 Å². The van der Waals surface area contributed by atoms with Gasteiger partial charge in [0.15, 0.2) is 0 Å². The van der Waals surface area contributed by atoms with Crippen molar-refractivity contribution >= 4 is 11.9 Å². The van der Waals surface area contributed by atoms with Crippen LogP contribution in [-0.2, 0) is 14.3 Å². The molecule has 4 heteroatoms. The van der Waals surface area contributed by atoms with Crippen LogP contribution in [0.1, 0.15) is 181 Å². The number of unbranched alkanes of at least 4 members (excludes halogenated alkanes) is 16. The Bertz CT molecular complexity index is 804. The highest BCUT2D eigenvalue weighted by Gasteiger charge is 2.11. The number of carboxylic acids is 1. The third kappa shape index (κ3) is 36.0. The summed E-state index contributed by atoms with van der Waals surface area (Å²) in [5, 5.41) is 8.78. The molecule has 4 nitrogen and oxygen atoms in total. The van der Waals surface area contributed by atoms with Gasteiger partial charge in [0, 0.05) is 12.8 Å². The van der Waals surface area contributed by atoms with Crippen molar-refractivity contribution in [3.8, 4) is 0 Å². The number of carbonyl (C=O) groups excluding carboxylic acids is 1. The third-order valence-electron chi connectivity index (χ3n) is 7.96. The van der Waals surface area contributed by atoms with E-state index in [1.165, 1.54) is 77.0 Å². The van der Waals surface area contributed by atoms with Crippen LogP contribution in [0.4, 0.5) is 0 Å². The SMILES string of the molecule is CC/C=C\C/C=C\C/C=C\C/C=C\CCCCCCCCCCCCC(=O)OC(/C=C\CCCCC)CCCCCCC(=O)O. The van der Waals surface area contributed by atoms with Gasteiger partial charge in [-0.25, -0.2) is 0 Å². The van der Waals surface area contributed by atoms with E-state index in [2.05, 4.69) is 74.6 Å². The average Bonchev–Trinajstić information content (AvgIpc) is 3.02. The highest BCUT2D eigenvalue weighted by Crippen LogP contribution is 2.15. The second kappa shape index (κ2) is 36.1. The van der Waals surface area contributed by atoms with E-state index in [1.807, 2.05) is 0 Å². The van der Waals surface area contributed by atoms with Crippen LogP contribution in [0.2, 0.25) is 0 Å². The van der Waals surface area contributed by atoms with Gasteiger partial charge in [0.2, 0.25) is 0 Å². The number of carbonyl (C=O) groups is 2. The predicted octanol–water partition coefficient (Wildman–Crippen LogP) is 12.9. The summed E-state index contributed by atoms with van der Waals surface area (Å²) in [6, 6.07) is 0. The molecular formula is C41H70O4. The Morgan fingerprint density at radius 2 is 1.00 bits per heavy atom. The maximum absolute atomic E-state index is 12.5. The third-order valence-corrected chi connectivity index (χ3v) is 7.96. The Balaban J connectivity index is 3.77. The summed E-state index contributed by atoms with van der Waals surface area (Å²) in [4.78, 5) is 23.2. The molecule has 0 heterocycles. The molecule has 45 heavy (non-hydrogen) atoms. The van der Waals surface area contributed by atoms with Crippen molar-refractivity contribution in [2.75, 3.05) is 0 Å². The second-order valence-electron chi connectivity index (χ2n) is 12.4. The van der Waals surface area contributed by atoms with E-state index in [0.29, 0.717) is 6.42 Å². The summed E-state index contributed by atoms with van der Waals surface area (Å²) in [6.45, 7) is 4.37. The zero-order chi connectivity index (χ0) is 32.9. The van der Waals surface area contributed by atoms with Crippen molar-refractivity contribution in [3.63, 3.8) is 0 Å². The summed E-state index contributed by atoms with van der Waals surface area (Å²) >= 11 is 0. The van der Waals surface area contributed by atoms with Gasteiger partial charge in [-0.1, -0.05) is 146 Å². The molecule has 0 rings (SSSR count). The molecule has 0 aliphatic carbocycles. The minimum absolute atomic E-state index is 0.0747. The van der Waals surface area contributed by atoms with E-state index in [1.54, 1.807) is 0 Å². The number of aliphatic carboxylic acids is 1. The molecule has 1 unspecified atom stereocenters. The van der Waals surface area contributed by atoms with E-state index < -0.39 is 5.97 Å². The Hall–Kier alpha value is -2.36. The quantitative estimate of drug-likeness (QED) is 0.0447. The van der Waals surface area contributed by atoms with Crippen LogP contribution >= 0.6 is 0 Å². The largest absolute Gasteiger partial charge is 0.481 e. The number of esters is 1. The van der Waals surface area contributed by atoms with Crippen molar-refractivity contribution in [3.05, 3.63) is 60.8 Å². The highest BCUT2D eigenvalue weighted by atomic mass is 16.5. The molecule has 0 saturated carbocycles. The zero-order valence-corrected chi connectivity index (χ0v) is 29.4. The van der Waals surface area contributed by atoms with Gasteiger partial charge < -0.3 is 9.84 Å². The molecule has 0 aromatic rings. The topological polar surface area (TPSA) is 63.6 Å². The van der Waals surface area contributed by atoms with Crippen molar-refractivity contribution in [1.82, 2.24) is 0 Å². The maximum Gasteiger partial charge on any atom is 0.306 e. The molecule has 0 saturated heterocycles. The minimum atomic E-state index is -0.725. The molecule has 0 radical (unpaired) electrons. The minimum Gasteiger partial charge on any atom is -0.481 e. The number of hydrogen-bond donors (Lipinski definition) is 1. The number of allylic oxidation sites excluding steroid dienone is 9. The van der Waals surface area contributed by atoms with Crippen LogP contribution in [-0.4, -0.2) is 23.1 Å². The van der Waals surface area contributed by atoms with Gasteiger partial charge in [-0.05, 0) is 83.1 Å². The second-order valence-corrected chi connectivity index (χ2v) is 12.4. The van der Waals surface area contributed by atoms with Gasteiger partial charge in [-0.2, -0.15) is 0 Å². The summed E-state index contributed by atoms with van der Waals surface area (Å²) < 4.78 is 5.82. The molecular weight excluding hydrogens is 556 g/mol. The van der Waals surface area contributed by atoms with Crippen molar-refractivity contribution in [2.45, 2.75) is 187 Å². The van der Waals surface area contributed by atoms with E-state index in [9.17, 15) is 9.59 Å². The summed E-state index contributed by atoms with van der Waals surface area (Å²) in [5.41, 5.74) is 0. The lowest BCUT2D eigenvalue weighted by Gasteiger charge is -2.15. The fourth-order valence-corrected chi connectivity index (χ4v) is 5.20. The van der Waals surface area contributed by atoms with Gasteiger partial charge in [0.1, 0.15) is 6.10 Å². The normalized spacial score (nSPS) is 12.9. The van der Waals surface area contributed by atoms with Crippen LogP contribution in [0.5, 0.6) is 0 Å². The molecule has 0 aliphatic heterocycles. The first-order chi connectivity index (χ1) is 22.1. The standard InChI is InChI=1S/C41H70O4/c1-3-5-7-9-10-11-12-13-14-15-16-17-18-19-20-21-22-23-24-25-26-28-34-38-41(44)45-39(35-31-27-8-6-4-2)36-32-29-30-33-37-40(42)43/h5,7,10-11,13-14,16-17,31,35,39H,3-4,6,8-9,12,15,18-30,32-34,36-38H2,1-2H3,(H,42,43)/b7-5-,11-10-,14-13-,17-16-,35-31-. The smallest absolute Gasteiger partial charge is 0.306 e. The lowest BCUT2D eigenvalue weighted by Crippen LogP contribution is -2.16. The number of ether oxygens (including phenoxy) is 1. The monoisotopic (exact) mass is 627 g/mol. The van der Waals surface area contributed by atoms with Crippen molar-refractivity contribution < 1.29 is 19.4 Å². The van der Waals surface area contributed by atoms with Crippen LogP contribution in [0.3, 0.4) is 0 Å². The van der Waals surface area contributed by atoms with Crippen LogP contribution in [0.15, 0.2) is 60.8 Å². The molecule has 0 amide bonds. The fraction of sp³-hybridized carbons (Fsp3) is 0.707. The lowest BCUT2D eigenvalue weighted by atomic mass is 10.0. The van der Waals surface area contributed by atoms with E-state index in [4.69, 9.17) is 9.84 Å². The first-order valence-corrected chi connectivity index (χ1v) is 18.8. The molecule has 0 aliphatic rings. The first-order valence-electron chi connectivity index (χ1n) is 18.8. The molecule has 1 N–H and O–H groups in total. The summed E-state index contributed by atoms with van der Waals surface area (Å²) in [6.07, 6.45) is 49.8. The molecule has 1 atom stereocenters. The molecule has 0 bridgehead atoms. The maximum atomic E-state index is 12.5. The number of rotatable bonds is 33. The fourth-order valence-electron chi connectivity index (χ4n) is 5.20. The number of hydrogen-bond acceptors (Lipinski definition) is 3. The van der Waals surface area contributed by atoms with Crippen molar-refractivity contribution in [1.29, 1.82) is 0 Å². The Morgan fingerprint density at radius 1 is 0.533 bits per heavy atom. The van der Waals surface area contributed by atoms with Crippen LogP contribution in [0, 0.1) is 0 Å². The van der Waals surface area contributed by atoms with Crippen LogP contribution in [0.25, 0.3) is 0 Å². The van der Waals surface area contributed by atoms with Gasteiger partial charge in [-0.3, -0.25) is 9.59 Å². The van der Waals surface area contributed by atoms with Gasteiger partial charge >= 0.3 is 11.9 Å². The average molecular weight is 627 g/mol. The van der Waals surface area contributed by atoms with E-state index in [0.717, 1.165) is 77.0 Å². The molecule has 0 fully saturated rings. The number of carboxylic acid groups (broad SMARTS) is 1. The van der Waals surface area contributed by atoms with Gasteiger partial charge in [0.25, 0.3) is 0 Å². The van der Waals surface area contributed by atoms with Crippen LogP contribution < -0.4 is 0 Å². The highest BCUT2D eigenvalue weighted by molar-refractivity contribution is 5.69. The predicted molar refractivity (Wildman–Crippen MR) is 195 cm³/mol. The van der Waals surface area contributed by atoms with Gasteiger partial charge in [0.05, 0.1) is 0 Å². The summed E-state index contributed by atoms with van der Waals surface area (Å²) in [7, 11) is 0. The lowest BCUT2D eigenvalue weighted by molar-refractivity contribution is -0.147. The van der Waals surface area contributed by atoms with E-state index >= 15 is 0 Å². The first kappa shape index (κ1) is 42.6. The molecule has 0 spiro atoms. The Labute approximate surface area is 278 Å². The molecule has 0 aromatic heterocycles. The molecule has 258 valence electrons. The van der Waals surface area contributed by atoms with E-state index in [-0.39, 0.29) is 18.5 Å². The zero-order valence-electron chi connectivity index (χ0n) is 29.4. The molecule has 0 aromatic carbocycles. The Morgan fingerprint density at radius 3 is 1.58 bits per heavy atom. The summed E-state index contributed by atoms with van der Waals surface area (Å²) in [5.74, 6) is -0.800.